The molecule has 0 atom stereocenters. The van der Waals surface area contributed by atoms with Gasteiger partial charge in [0.2, 0.25) is 0 Å². The number of nitrogens with one attached hydrogen (secondary N) is 1. The van der Waals surface area contributed by atoms with E-state index in [1.54, 1.807) is 0 Å². The number of carbonyl (C=O) groups is 1. The van der Waals surface area contributed by atoms with Gasteiger partial charge >= 0.3 is 0 Å². The number of amides is 1. The fourth-order valence-corrected chi connectivity index (χ4v) is 2.67. The van der Waals surface area contributed by atoms with Crippen molar-refractivity contribution in [3.63, 3.8) is 0 Å². The highest BCUT2D eigenvalue weighted by Crippen LogP contribution is 2.29. The molecule has 0 radical (unpaired) electrons. The Balaban J connectivity index is 1.82. The van der Waals surface area contributed by atoms with Crippen molar-refractivity contribution >= 4 is 5.91 Å². The van der Waals surface area contributed by atoms with Crippen molar-refractivity contribution < 1.29 is 4.79 Å². The molecule has 1 fully saturated rings. The van der Waals surface area contributed by atoms with Gasteiger partial charge < -0.3 is 10.2 Å². The Labute approximate surface area is 108 Å². The Morgan fingerprint density at radius 2 is 2.11 bits per heavy atom. The summed E-state index contributed by atoms with van der Waals surface area (Å²) in [6.07, 6.45) is 3.39. The van der Waals surface area contributed by atoms with E-state index in [-0.39, 0.29) is 5.91 Å². The molecule has 0 saturated heterocycles. The second-order valence-corrected chi connectivity index (χ2v) is 5.32. The minimum absolute atomic E-state index is 0.217. The van der Waals surface area contributed by atoms with E-state index in [0.717, 1.165) is 31.6 Å². The zero-order valence-electron chi connectivity index (χ0n) is 10.9. The minimum Gasteiger partial charge on any atom is -0.336 e. The molecule has 1 aromatic carbocycles. The first kappa shape index (κ1) is 11.7. The molecule has 1 aliphatic heterocycles. The first-order valence-corrected chi connectivity index (χ1v) is 6.93. The Morgan fingerprint density at radius 3 is 2.83 bits per heavy atom. The standard InChI is InChI=1S/C15H20N2O/c1-2-7-17(14-5-6-14)15(18)11-3-4-12-9-16-10-13(12)8-11/h3-4,8,14,16H,2,5-7,9-10H2,1H3. The van der Waals surface area contributed by atoms with Gasteiger partial charge in [-0.25, -0.2) is 0 Å². The molecule has 96 valence electrons. The van der Waals surface area contributed by atoms with Crippen molar-refractivity contribution in [3.05, 3.63) is 34.9 Å². The number of benzene rings is 1. The highest BCUT2D eigenvalue weighted by Gasteiger charge is 2.32. The molecule has 1 aliphatic carbocycles. The van der Waals surface area contributed by atoms with E-state index in [2.05, 4.69) is 29.3 Å². The van der Waals surface area contributed by atoms with E-state index in [9.17, 15) is 4.79 Å². The number of carbonyl (C=O) groups excluding carboxylic acids is 1. The molecule has 1 heterocycles. The van der Waals surface area contributed by atoms with E-state index in [1.165, 1.54) is 24.0 Å². The molecule has 18 heavy (non-hydrogen) atoms. The van der Waals surface area contributed by atoms with Gasteiger partial charge in [-0.2, -0.15) is 0 Å². The maximum absolute atomic E-state index is 12.5. The van der Waals surface area contributed by atoms with Gasteiger partial charge in [-0.05, 0) is 42.5 Å². The zero-order valence-corrected chi connectivity index (χ0v) is 10.9. The first-order valence-electron chi connectivity index (χ1n) is 6.93. The fraction of sp³-hybridized carbons (Fsp3) is 0.533. The molecule has 3 nitrogen and oxygen atoms in total. The van der Waals surface area contributed by atoms with Crippen LogP contribution in [-0.4, -0.2) is 23.4 Å². The molecule has 3 rings (SSSR count). The van der Waals surface area contributed by atoms with Gasteiger partial charge in [-0.15, -0.1) is 0 Å². The number of hydrogen-bond acceptors (Lipinski definition) is 2. The molecule has 0 aromatic heterocycles. The predicted molar refractivity (Wildman–Crippen MR) is 71.3 cm³/mol. The van der Waals surface area contributed by atoms with Crippen LogP contribution in [0.4, 0.5) is 0 Å². The topological polar surface area (TPSA) is 32.3 Å². The van der Waals surface area contributed by atoms with Crippen LogP contribution in [0.1, 0.15) is 47.7 Å². The van der Waals surface area contributed by atoms with Crippen LogP contribution in [0.15, 0.2) is 18.2 Å². The smallest absolute Gasteiger partial charge is 0.254 e. The van der Waals surface area contributed by atoms with Crippen LogP contribution >= 0.6 is 0 Å². The summed E-state index contributed by atoms with van der Waals surface area (Å²) in [7, 11) is 0. The summed E-state index contributed by atoms with van der Waals surface area (Å²) in [6, 6.07) is 6.66. The number of fused-ring (bicyclic) bond motifs is 1. The van der Waals surface area contributed by atoms with Crippen molar-refractivity contribution in [3.8, 4) is 0 Å². The molecule has 1 aromatic rings. The maximum atomic E-state index is 12.5. The molecule has 2 aliphatic rings. The lowest BCUT2D eigenvalue weighted by Crippen LogP contribution is -2.33. The van der Waals surface area contributed by atoms with Crippen molar-refractivity contribution in [2.45, 2.75) is 45.3 Å². The molecule has 1 saturated carbocycles. The summed E-state index contributed by atoms with van der Waals surface area (Å²) in [5, 5.41) is 3.32. The van der Waals surface area contributed by atoms with E-state index >= 15 is 0 Å². The zero-order chi connectivity index (χ0) is 12.5. The number of rotatable bonds is 4. The minimum atomic E-state index is 0.217. The summed E-state index contributed by atoms with van der Waals surface area (Å²) in [5.41, 5.74) is 3.48. The molecular formula is C15H20N2O. The van der Waals surface area contributed by atoms with Gasteiger partial charge in [0.1, 0.15) is 0 Å². The average Bonchev–Trinajstić information content (AvgIpc) is 3.12. The predicted octanol–water partition coefficient (Wildman–Crippen LogP) is 2.30. The lowest BCUT2D eigenvalue weighted by molar-refractivity contribution is 0.0743. The van der Waals surface area contributed by atoms with E-state index in [1.807, 2.05) is 6.07 Å². The summed E-state index contributed by atoms with van der Waals surface area (Å²) in [6.45, 7) is 4.85. The Hall–Kier alpha value is -1.35. The maximum Gasteiger partial charge on any atom is 0.254 e. The van der Waals surface area contributed by atoms with Gasteiger partial charge in [-0.1, -0.05) is 13.0 Å². The van der Waals surface area contributed by atoms with Crippen LogP contribution in [0.2, 0.25) is 0 Å². The average molecular weight is 244 g/mol. The summed E-state index contributed by atoms with van der Waals surface area (Å²) >= 11 is 0. The second-order valence-electron chi connectivity index (χ2n) is 5.32. The lowest BCUT2D eigenvalue weighted by atomic mass is 10.1. The largest absolute Gasteiger partial charge is 0.336 e. The molecule has 3 heteroatoms. The Morgan fingerprint density at radius 1 is 1.33 bits per heavy atom. The molecule has 1 amide bonds. The Kier molecular flexibility index (Phi) is 3.08. The van der Waals surface area contributed by atoms with Crippen molar-refractivity contribution in [2.24, 2.45) is 0 Å². The molecular weight excluding hydrogens is 224 g/mol. The summed E-state index contributed by atoms with van der Waals surface area (Å²) in [4.78, 5) is 14.6. The molecule has 0 unspecified atom stereocenters. The number of nitrogens with zero attached hydrogens (tertiary/aromatic N) is 1. The van der Waals surface area contributed by atoms with E-state index < -0.39 is 0 Å². The van der Waals surface area contributed by atoms with Crippen molar-refractivity contribution in [2.75, 3.05) is 6.54 Å². The second kappa shape index (κ2) is 4.73. The van der Waals surface area contributed by atoms with Crippen molar-refractivity contribution in [1.82, 2.24) is 10.2 Å². The van der Waals surface area contributed by atoms with E-state index in [0.29, 0.717) is 6.04 Å². The van der Waals surface area contributed by atoms with Crippen molar-refractivity contribution in [1.29, 1.82) is 0 Å². The highest BCUT2D eigenvalue weighted by molar-refractivity contribution is 5.95. The van der Waals surface area contributed by atoms with Crippen LogP contribution in [0, 0.1) is 0 Å². The van der Waals surface area contributed by atoms with Gasteiger partial charge in [0.25, 0.3) is 5.91 Å². The summed E-state index contributed by atoms with van der Waals surface area (Å²) in [5.74, 6) is 0.217. The molecule has 0 spiro atoms. The monoisotopic (exact) mass is 244 g/mol. The normalized spacial score (nSPS) is 17.6. The SMILES string of the molecule is CCCN(C(=O)c1ccc2c(c1)CNC2)C1CC1. The molecule has 0 bridgehead atoms. The first-order chi connectivity index (χ1) is 8.79. The van der Waals surface area contributed by atoms with Gasteiger partial charge in [0, 0.05) is 31.2 Å². The third-order valence-electron chi connectivity index (χ3n) is 3.80. The van der Waals surface area contributed by atoms with E-state index in [4.69, 9.17) is 0 Å². The fourth-order valence-electron chi connectivity index (χ4n) is 2.67. The highest BCUT2D eigenvalue weighted by atomic mass is 16.2. The van der Waals surface area contributed by atoms with Crippen LogP contribution < -0.4 is 5.32 Å². The summed E-state index contributed by atoms with van der Waals surface area (Å²) < 4.78 is 0. The number of hydrogen-bond donors (Lipinski definition) is 1. The third-order valence-corrected chi connectivity index (χ3v) is 3.80. The quantitative estimate of drug-likeness (QED) is 0.881. The van der Waals surface area contributed by atoms with Gasteiger partial charge in [-0.3, -0.25) is 4.79 Å². The van der Waals surface area contributed by atoms with Crippen LogP contribution in [0.25, 0.3) is 0 Å². The van der Waals surface area contributed by atoms with Crippen LogP contribution in [0.5, 0.6) is 0 Å². The molecule has 1 N–H and O–H groups in total. The van der Waals surface area contributed by atoms with Crippen LogP contribution in [-0.2, 0) is 13.1 Å². The third kappa shape index (κ3) is 2.15. The van der Waals surface area contributed by atoms with Crippen LogP contribution in [0.3, 0.4) is 0 Å². The van der Waals surface area contributed by atoms with Gasteiger partial charge in [0.15, 0.2) is 0 Å². The van der Waals surface area contributed by atoms with Gasteiger partial charge in [0.05, 0.1) is 0 Å². The lowest BCUT2D eigenvalue weighted by Gasteiger charge is -2.22. The Bertz CT molecular complexity index is 466.